The summed E-state index contributed by atoms with van der Waals surface area (Å²) in [5.41, 5.74) is -0.0743. The highest BCUT2D eigenvalue weighted by Gasteiger charge is 2.36. The molecule has 3 heterocycles. The molecule has 1 atom stereocenters. The number of aromatic nitrogens is 3. The maximum absolute atomic E-state index is 14.7. The summed E-state index contributed by atoms with van der Waals surface area (Å²) < 4.78 is 83.3. The molecular formula is C24H21F6N5. The van der Waals surface area contributed by atoms with Crippen molar-refractivity contribution >= 4 is 28.2 Å². The molecule has 0 spiro atoms. The molecule has 5 rings (SSSR count). The van der Waals surface area contributed by atoms with Crippen LogP contribution in [0.1, 0.15) is 36.9 Å². The monoisotopic (exact) mass is 493 g/mol. The number of nitrogens with one attached hydrogen (secondary N) is 1. The lowest BCUT2D eigenvalue weighted by molar-refractivity contribution is -0.140. The second kappa shape index (κ2) is 8.31. The molecule has 1 aliphatic rings. The highest BCUT2D eigenvalue weighted by molar-refractivity contribution is 5.93. The van der Waals surface area contributed by atoms with Gasteiger partial charge in [0, 0.05) is 55.0 Å². The van der Waals surface area contributed by atoms with Gasteiger partial charge in [0.25, 0.3) is 5.92 Å². The van der Waals surface area contributed by atoms with Crippen LogP contribution in [0.3, 0.4) is 0 Å². The Morgan fingerprint density at radius 1 is 1.09 bits per heavy atom. The van der Waals surface area contributed by atoms with Crippen molar-refractivity contribution in [1.29, 1.82) is 0 Å². The Kier molecular flexibility index (Phi) is 5.52. The first-order chi connectivity index (χ1) is 16.5. The van der Waals surface area contributed by atoms with Crippen molar-refractivity contribution in [2.45, 2.75) is 37.9 Å². The van der Waals surface area contributed by atoms with Gasteiger partial charge in [-0.05, 0) is 31.2 Å². The van der Waals surface area contributed by atoms with Gasteiger partial charge in [-0.15, -0.1) is 0 Å². The minimum atomic E-state index is -4.82. The Labute approximate surface area is 196 Å². The fourth-order valence-corrected chi connectivity index (χ4v) is 4.44. The molecule has 1 N–H and O–H groups in total. The molecule has 11 heteroatoms. The van der Waals surface area contributed by atoms with Gasteiger partial charge in [-0.25, -0.2) is 18.2 Å². The molecule has 2 aromatic carbocycles. The third kappa shape index (κ3) is 4.35. The van der Waals surface area contributed by atoms with Crippen LogP contribution in [-0.4, -0.2) is 33.4 Å². The van der Waals surface area contributed by atoms with Gasteiger partial charge in [0.05, 0.1) is 17.1 Å². The zero-order valence-corrected chi connectivity index (χ0v) is 18.6. The number of hydrogen-bond acceptors (Lipinski definition) is 4. The molecule has 1 unspecified atom stereocenters. The lowest BCUT2D eigenvalue weighted by atomic mass is 10.0. The molecule has 184 valence electrons. The van der Waals surface area contributed by atoms with E-state index in [1.807, 2.05) is 17.0 Å². The Morgan fingerprint density at radius 2 is 1.83 bits per heavy atom. The molecule has 0 radical (unpaired) electrons. The summed E-state index contributed by atoms with van der Waals surface area (Å²) in [6.07, 6.45) is -2.05. The first-order valence-electron chi connectivity index (χ1n) is 11.1. The molecule has 2 aromatic heterocycles. The Morgan fingerprint density at radius 3 is 2.54 bits per heavy atom. The van der Waals surface area contributed by atoms with Gasteiger partial charge >= 0.3 is 6.18 Å². The van der Waals surface area contributed by atoms with Gasteiger partial charge in [0.2, 0.25) is 5.78 Å². The maximum atomic E-state index is 14.7. The standard InChI is InChI=1S/C24H21F6N5/c1-14(16-3-2-4-18(20(16)25)24(28,29)30)32-21-17-13-15(34-10-7-23(26,27)8-11-34)5-6-19(17)35-12-9-31-22(35)33-21/h2-6,9,12-14H,7-8,10-11H2,1H3,(H,31,32,33). The minimum Gasteiger partial charge on any atom is -0.371 e. The highest BCUT2D eigenvalue weighted by Crippen LogP contribution is 2.36. The van der Waals surface area contributed by atoms with Gasteiger partial charge in [-0.3, -0.25) is 4.40 Å². The molecule has 4 aromatic rings. The van der Waals surface area contributed by atoms with Crippen molar-refractivity contribution in [2.75, 3.05) is 23.3 Å². The number of hydrogen-bond donors (Lipinski definition) is 1. The summed E-state index contributed by atoms with van der Waals surface area (Å²) in [7, 11) is 0. The van der Waals surface area contributed by atoms with Gasteiger partial charge in [0.15, 0.2) is 0 Å². The van der Waals surface area contributed by atoms with Crippen LogP contribution in [0.4, 0.5) is 37.8 Å². The number of halogens is 6. The third-order valence-corrected chi connectivity index (χ3v) is 6.34. The van der Waals surface area contributed by atoms with E-state index >= 15 is 0 Å². The van der Waals surface area contributed by atoms with Crippen LogP contribution >= 0.6 is 0 Å². The molecule has 0 saturated carbocycles. The van der Waals surface area contributed by atoms with E-state index < -0.39 is 29.5 Å². The fourth-order valence-electron chi connectivity index (χ4n) is 4.44. The summed E-state index contributed by atoms with van der Waals surface area (Å²) in [6.45, 7) is 1.92. The quantitative estimate of drug-likeness (QED) is 0.332. The minimum absolute atomic E-state index is 0.160. The third-order valence-electron chi connectivity index (χ3n) is 6.34. The van der Waals surface area contributed by atoms with E-state index in [-0.39, 0.29) is 31.5 Å². The first-order valence-corrected chi connectivity index (χ1v) is 11.1. The second-order valence-corrected chi connectivity index (χ2v) is 8.67. The van der Waals surface area contributed by atoms with E-state index in [2.05, 4.69) is 15.3 Å². The topological polar surface area (TPSA) is 45.5 Å². The predicted octanol–water partition coefficient (Wildman–Crippen LogP) is 6.45. The Balaban J connectivity index is 1.55. The second-order valence-electron chi connectivity index (χ2n) is 8.67. The van der Waals surface area contributed by atoms with Crippen LogP contribution in [0.25, 0.3) is 16.7 Å². The number of nitrogens with zero attached hydrogens (tertiary/aromatic N) is 4. The van der Waals surface area contributed by atoms with Crippen molar-refractivity contribution in [3.05, 3.63) is 65.7 Å². The van der Waals surface area contributed by atoms with Crippen molar-refractivity contribution in [2.24, 2.45) is 0 Å². The molecule has 1 aliphatic heterocycles. The van der Waals surface area contributed by atoms with Gasteiger partial charge in [-0.1, -0.05) is 12.1 Å². The molecule has 1 saturated heterocycles. The SMILES string of the molecule is CC(Nc1nc2nccn2c2ccc(N3CCC(F)(F)CC3)cc12)c1cccc(C(F)(F)F)c1F. The van der Waals surface area contributed by atoms with E-state index in [1.54, 1.807) is 29.8 Å². The van der Waals surface area contributed by atoms with Crippen LogP contribution in [-0.2, 0) is 6.18 Å². The van der Waals surface area contributed by atoms with Crippen molar-refractivity contribution in [3.63, 3.8) is 0 Å². The van der Waals surface area contributed by atoms with Gasteiger partial charge in [0.1, 0.15) is 11.6 Å². The van der Waals surface area contributed by atoms with Crippen LogP contribution in [0.5, 0.6) is 0 Å². The summed E-state index contributed by atoms with van der Waals surface area (Å²) in [5, 5.41) is 3.64. The highest BCUT2D eigenvalue weighted by atomic mass is 19.4. The summed E-state index contributed by atoms with van der Waals surface area (Å²) in [4.78, 5) is 10.5. The summed E-state index contributed by atoms with van der Waals surface area (Å²) in [5.74, 6) is -3.38. The van der Waals surface area contributed by atoms with Crippen LogP contribution in [0.15, 0.2) is 48.8 Å². The molecule has 35 heavy (non-hydrogen) atoms. The Hall–Kier alpha value is -3.50. The zero-order valence-electron chi connectivity index (χ0n) is 18.6. The van der Waals surface area contributed by atoms with E-state index in [9.17, 15) is 26.3 Å². The van der Waals surface area contributed by atoms with Crippen LogP contribution in [0.2, 0.25) is 0 Å². The summed E-state index contributed by atoms with van der Waals surface area (Å²) in [6, 6.07) is 7.72. The molecule has 0 aliphatic carbocycles. The average molecular weight is 493 g/mol. The van der Waals surface area contributed by atoms with Crippen molar-refractivity contribution in [3.8, 4) is 0 Å². The number of piperidine rings is 1. The number of fused-ring (bicyclic) bond motifs is 3. The van der Waals surface area contributed by atoms with Crippen LogP contribution < -0.4 is 10.2 Å². The Bertz CT molecular complexity index is 1390. The molecule has 5 nitrogen and oxygen atoms in total. The molecule has 1 fully saturated rings. The van der Waals surface area contributed by atoms with E-state index in [1.165, 1.54) is 6.07 Å². The fraction of sp³-hybridized carbons (Fsp3) is 0.333. The van der Waals surface area contributed by atoms with Crippen molar-refractivity contribution in [1.82, 2.24) is 14.4 Å². The normalized spacial score (nSPS) is 17.2. The number of benzene rings is 2. The lowest BCUT2D eigenvalue weighted by Crippen LogP contribution is -2.39. The number of alkyl halides is 5. The van der Waals surface area contributed by atoms with Crippen molar-refractivity contribution < 1.29 is 26.3 Å². The van der Waals surface area contributed by atoms with E-state index in [0.717, 1.165) is 11.8 Å². The van der Waals surface area contributed by atoms with Crippen LogP contribution in [0, 0.1) is 5.82 Å². The predicted molar refractivity (Wildman–Crippen MR) is 120 cm³/mol. The van der Waals surface area contributed by atoms with E-state index in [0.29, 0.717) is 28.6 Å². The van der Waals surface area contributed by atoms with E-state index in [4.69, 9.17) is 0 Å². The van der Waals surface area contributed by atoms with Gasteiger partial charge in [-0.2, -0.15) is 18.2 Å². The molecular weight excluding hydrogens is 472 g/mol. The lowest BCUT2D eigenvalue weighted by Gasteiger charge is -2.33. The zero-order chi connectivity index (χ0) is 25.0. The summed E-state index contributed by atoms with van der Waals surface area (Å²) >= 11 is 0. The maximum Gasteiger partial charge on any atom is 0.419 e. The number of rotatable bonds is 4. The number of imidazole rings is 1. The average Bonchev–Trinajstić information content (AvgIpc) is 3.27. The largest absolute Gasteiger partial charge is 0.419 e. The number of anilines is 2. The smallest absolute Gasteiger partial charge is 0.371 e. The van der Waals surface area contributed by atoms with Gasteiger partial charge < -0.3 is 10.2 Å². The molecule has 0 amide bonds. The molecule has 0 bridgehead atoms. The first kappa shape index (κ1) is 23.3.